The van der Waals surface area contributed by atoms with Crippen molar-refractivity contribution in [3.8, 4) is 0 Å². The summed E-state index contributed by atoms with van der Waals surface area (Å²) in [5, 5.41) is 3.21. The van der Waals surface area contributed by atoms with Crippen molar-refractivity contribution < 1.29 is 4.79 Å². The first-order valence-electron chi connectivity index (χ1n) is 6.36. The third-order valence-electron chi connectivity index (χ3n) is 3.34. The monoisotopic (exact) mass is 235 g/mol. The fraction of sp³-hybridized carbons (Fsp3) is 0.615. The molecule has 1 saturated heterocycles. The van der Waals surface area contributed by atoms with Crippen molar-refractivity contribution in [3.63, 3.8) is 0 Å². The largest absolute Gasteiger partial charge is 0.353 e. The second-order valence-electron chi connectivity index (χ2n) is 4.66. The molecule has 2 heterocycles. The summed E-state index contributed by atoms with van der Waals surface area (Å²) in [5.41, 5.74) is 1.21. The lowest BCUT2D eigenvalue weighted by atomic mass is 10.1. The van der Waals surface area contributed by atoms with Crippen molar-refractivity contribution in [2.45, 2.75) is 25.8 Å². The standard InChI is InChI=1S/C13H21N3O/c1-15-7-5-6-12(15)10-14-11-13(17)16-8-3-2-4-9-16/h5-7,14H,2-4,8-11H2,1H3. The zero-order valence-electron chi connectivity index (χ0n) is 10.5. The number of hydrogen-bond acceptors (Lipinski definition) is 2. The molecule has 1 amide bonds. The van der Waals surface area contributed by atoms with Gasteiger partial charge in [0.1, 0.15) is 0 Å². The first kappa shape index (κ1) is 12.2. The van der Waals surface area contributed by atoms with Gasteiger partial charge in [-0.25, -0.2) is 0 Å². The van der Waals surface area contributed by atoms with Gasteiger partial charge >= 0.3 is 0 Å². The maximum absolute atomic E-state index is 11.9. The molecule has 0 atom stereocenters. The van der Waals surface area contributed by atoms with Gasteiger partial charge < -0.3 is 14.8 Å². The number of carbonyl (C=O) groups is 1. The minimum Gasteiger partial charge on any atom is -0.353 e. The number of rotatable bonds is 4. The van der Waals surface area contributed by atoms with Crippen molar-refractivity contribution in [1.29, 1.82) is 0 Å². The van der Waals surface area contributed by atoms with Crippen molar-refractivity contribution in [2.24, 2.45) is 7.05 Å². The first-order chi connectivity index (χ1) is 8.27. The Kier molecular flexibility index (Phi) is 4.20. The Hall–Kier alpha value is -1.29. The highest BCUT2D eigenvalue weighted by Crippen LogP contribution is 2.08. The van der Waals surface area contributed by atoms with Crippen LogP contribution in [0.5, 0.6) is 0 Å². The fourth-order valence-electron chi connectivity index (χ4n) is 2.23. The Bertz CT molecular complexity index is 366. The Labute approximate surface area is 103 Å². The smallest absolute Gasteiger partial charge is 0.236 e. The van der Waals surface area contributed by atoms with E-state index >= 15 is 0 Å². The number of piperidine rings is 1. The number of amides is 1. The van der Waals surface area contributed by atoms with E-state index in [1.165, 1.54) is 12.1 Å². The van der Waals surface area contributed by atoms with Gasteiger partial charge in [0.25, 0.3) is 0 Å². The third-order valence-corrected chi connectivity index (χ3v) is 3.34. The van der Waals surface area contributed by atoms with Crippen molar-refractivity contribution in [1.82, 2.24) is 14.8 Å². The van der Waals surface area contributed by atoms with E-state index in [2.05, 4.69) is 16.0 Å². The number of aromatic nitrogens is 1. The van der Waals surface area contributed by atoms with Gasteiger partial charge in [-0.15, -0.1) is 0 Å². The van der Waals surface area contributed by atoms with Gasteiger partial charge in [-0.05, 0) is 31.4 Å². The lowest BCUT2D eigenvalue weighted by molar-refractivity contribution is -0.131. The van der Waals surface area contributed by atoms with E-state index in [0.29, 0.717) is 6.54 Å². The first-order valence-corrected chi connectivity index (χ1v) is 6.36. The fourth-order valence-corrected chi connectivity index (χ4v) is 2.23. The minimum atomic E-state index is 0.235. The van der Waals surface area contributed by atoms with Gasteiger partial charge in [0.05, 0.1) is 6.54 Å². The molecule has 4 heteroatoms. The van der Waals surface area contributed by atoms with Crippen LogP contribution in [0.25, 0.3) is 0 Å². The van der Waals surface area contributed by atoms with Crippen LogP contribution in [0, 0.1) is 0 Å². The molecule has 94 valence electrons. The molecule has 1 aliphatic rings. The minimum absolute atomic E-state index is 0.235. The molecule has 17 heavy (non-hydrogen) atoms. The van der Waals surface area contributed by atoms with E-state index in [1.54, 1.807) is 0 Å². The van der Waals surface area contributed by atoms with E-state index in [-0.39, 0.29) is 5.91 Å². The maximum atomic E-state index is 11.9. The Balaban J connectivity index is 1.71. The summed E-state index contributed by atoms with van der Waals surface area (Å²) >= 11 is 0. The molecule has 0 radical (unpaired) electrons. The number of likely N-dealkylation sites (tertiary alicyclic amines) is 1. The summed E-state index contributed by atoms with van der Waals surface area (Å²) in [5.74, 6) is 0.235. The summed E-state index contributed by atoms with van der Waals surface area (Å²) < 4.78 is 2.07. The summed E-state index contributed by atoms with van der Waals surface area (Å²) in [6.07, 6.45) is 5.59. The number of aryl methyl sites for hydroxylation is 1. The molecule has 1 aliphatic heterocycles. The lowest BCUT2D eigenvalue weighted by Crippen LogP contribution is -2.41. The van der Waals surface area contributed by atoms with Crippen molar-refractivity contribution in [2.75, 3.05) is 19.6 Å². The number of carbonyl (C=O) groups excluding carboxylic acids is 1. The van der Waals surface area contributed by atoms with Crippen LogP contribution in [0.4, 0.5) is 0 Å². The molecule has 2 rings (SSSR count). The SMILES string of the molecule is Cn1cccc1CNCC(=O)N1CCCCC1. The van der Waals surface area contributed by atoms with Crippen LogP contribution in [-0.4, -0.2) is 35.0 Å². The molecule has 0 spiro atoms. The summed E-state index contributed by atoms with van der Waals surface area (Å²) in [4.78, 5) is 13.8. The van der Waals surface area contributed by atoms with E-state index in [9.17, 15) is 4.79 Å². The molecule has 1 aromatic heterocycles. The normalized spacial score (nSPS) is 16.2. The molecule has 0 bridgehead atoms. The zero-order valence-corrected chi connectivity index (χ0v) is 10.5. The Morgan fingerprint density at radius 3 is 2.76 bits per heavy atom. The van der Waals surface area contributed by atoms with Crippen LogP contribution in [0.2, 0.25) is 0 Å². The highest BCUT2D eigenvalue weighted by atomic mass is 16.2. The van der Waals surface area contributed by atoms with Crippen LogP contribution in [0.15, 0.2) is 18.3 Å². The molecule has 1 aromatic rings. The van der Waals surface area contributed by atoms with Gasteiger partial charge in [-0.3, -0.25) is 4.79 Å². The number of nitrogens with zero attached hydrogens (tertiary/aromatic N) is 2. The van der Waals surface area contributed by atoms with E-state index in [0.717, 1.165) is 32.5 Å². The van der Waals surface area contributed by atoms with Crippen LogP contribution in [0.1, 0.15) is 25.0 Å². The van der Waals surface area contributed by atoms with Crippen molar-refractivity contribution >= 4 is 5.91 Å². The number of hydrogen-bond donors (Lipinski definition) is 1. The average Bonchev–Trinajstić information content (AvgIpc) is 2.76. The quantitative estimate of drug-likeness (QED) is 0.849. The molecule has 0 aliphatic carbocycles. The molecular formula is C13H21N3O. The summed E-state index contributed by atoms with van der Waals surface area (Å²) in [7, 11) is 2.02. The van der Waals surface area contributed by atoms with Crippen LogP contribution >= 0.6 is 0 Å². The summed E-state index contributed by atoms with van der Waals surface area (Å²) in [6.45, 7) is 3.07. The highest BCUT2D eigenvalue weighted by molar-refractivity contribution is 5.78. The molecule has 0 unspecified atom stereocenters. The average molecular weight is 235 g/mol. The maximum Gasteiger partial charge on any atom is 0.236 e. The van der Waals surface area contributed by atoms with Crippen LogP contribution in [0.3, 0.4) is 0 Å². The Morgan fingerprint density at radius 2 is 2.12 bits per heavy atom. The second kappa shape index (κ2) is 5.87. The second-order valence-corrected chi connectivity index (χ2v) is 4.66. The molecule has 1 fully saturated rings. The predicted molar refractivity (Wildman–Crippen MR) is 67.6 cm³/mol. The van der Waals surface area contributed by atoms with Gasteiger partial charge in [0.15, 0.2) is 0 Å². The van der Waals surface area contributed by atoms with Crippen molar-refractivity contribution in [3.05, 3.63) is 24.0 Å². The lowest BCUT2D eigenvalue weighted by Gasteiger charge is -2.26. The molecule has 0 saturated carbocycles. The number of nitrogens with one attached hydrogen (secondary N) is 1. The summed E-state index contributed by atoms with van der Waals surface area (Å²) in [6, 6.07) is 4.09. The van der Waals surface area contributed by atoms with Gasteiger partial charge in [-0.2, -0.15) is 0 Å². The van der Waals surface area contributed by atoms with Gasteiger partial charge in [0, 0.05) is 38.6 Å². The van der Waals surface area contributed by atoms with E-state index in [4.69, 9.17) is 0 Å². The van der Waals surface area contributed by atoms with E-state index < -0.39 is 0 Å². The highest BCUT2D eigenvalue weighted by Gasteiger charge is 2.15. The molecule has 1 N–H and O–H groups in total. The van der Waals surface area contributed by atoms with Crippen LogP contribution in [-0.2, 0) is 18.4 Å². The molecule has 4 nitrogen and oxygen atoms in total. The topological polar surface area (TPSA) is 37.3 Å². The molecular weight excluding hydrogens is 214 g/mol. The van der Waals surface area contributed by atoms with Crippen LogP contribution < -0.4 is 5.32 Å². The zero-order chi connectivity index (χ0) is 12.1. The van der Waals surface area contributed by atoms with Gasteiger partial charge in [0.2, 0.25) is 5.91 Å². The third kappa shape index (κ3) is 3.33. The van der Waals surface area contributed by atoms with E-state index in [1.807, 2.05) is 24.2 Å². The predicted octanol–water partition coefficient (Wildman–Crippen LogP) is 1.13. The Morgan fingerprint density at radius 1 is 1.35 bits per heavy atom. The molecule has 0 aromatic carbocycles. The van der Waals surface area contributed by atoms with Gasteiger partial charge in [-0.1, -0.05) is 0 Å².